The molecule has 2 atom stereocenters. The molecule has 0 spiro atoms. The van der Waals surface area contributed by atoms with Gasteiger partial charge >= 0.3 is 6.18 Å². The highest BCUT2D eigenvalue weighted by Gasteiger charge is 2.36. The van der Waals surface area contributed by atoms with Crippen LogP contribution in [0.15, 0.2) is 18.2 Å². The third kappa shape index (κ3) is 3.09. The second-order valence-corrected chi connectivity index (χ2v) is 3.59. The van der Waals surface area contributed by atoms with Crippen molar-refractivity contribution >= 4 is 5.69 Å². The molecule has 0 bridgehead atoms. The highest BCUT2D eigenvalue weighted by atomic mass is 19.4. The number of hydrogen-bond donors (Lipinski definition) is 4. The van der Waals surface area contributed by atoms with E-state index >= 15 is 0 Å². The van der Waals surface area contributed by atoms with Crippen LogP contribution in [-0.2, 0) is 6.18 Å². The highest BCUT2D eigenvalue weighted by Crippen LogP contribution is 2.36. The van der Waals surface area contributed by atoms with Gasteiger partial charge in [0.2, 0.25) is 0 Å². The first-order valence-electron chi connectivity index (χ1n) is 4.80. The van der Waals surface area contributed by atoms with Crippen molar-refractivity contribution in [3.63, 3.8) is 0 Å². The van der Waals surface area contributed by atoms with E-state index in [1.165, 1.54) is 0 Å². The van der Waals surface area contributed by atoms with Gasteiger partial charge in [-0.15, -0.1) is 0 Å². The van der Waals surface area contributed by atoms with E-state index < -0.39 is 29.5 Å². The Morgan fingerprint density at radius 1 is 1.24 bits per heavy atom. The lowest BCUT2D eigenvalue weighted by molar-refractivity contribution is -0.139. The van der Waals surface area contributed by atoms with E-state index in [9.17, 15) is 23.4 Å². The van der Waals surface area contributed by atoms with Crippen LogP contribution in [-0.4, -0.2) is 22.9 Å². The lowest BCUT2D eigenvalue weighted by Gasteiger charge is -2.21. The zero-order valence-corrected chi connectivity index (χ0v) is 8.78. The van der Waals surface area contributed by atoms with Crippen LogP contribution in [0.25, 0.3) is 0 Å². The first-order valence-corrected chi connectivity index (χ1v) is 4.80. The van der Waals surface area contributed by atoms with Crippen LogP contribution in [0.1, 0.15) is 17.2 Å². The maximum absolute atomic E-state index is 12.6. The summed E-state index contributed by atoms with van der Waals surface area (Å²) in [7, 11) is 0. The average Bonchev–Trinajstić information content (AvgIpc) is 2.25. The zero-order chi connectivity index (χ0) is 13.2. The monoisotopic (exact) mass is 250 g/mol. The lowest BCUT2D eigenvalue weighted by Crippen LogP contribution is -2.28. The van der Waals surface area contributed by atoms with Crippen molar-refractivity contribution in [1.82, 2.24) is 0 Å². The second-order valence-electron chi connectivity index (χ2n) is 3.59. The van der Waals surface area contributed by atoms with Crippen molar-refractivity contribution in [2.24, 2.45) is 5.73 Å². The number of nitrogen functional groups attached to an aromatic ring is 1. The van der Waals surface area contributed by atoms with Gasteiger partial charge in [0, 0.05) is 12.2 Å². The summed E-state index contributed by atoms with van der Waals surface area (Å²) >= 11 is 0. The Morgan fingerprint density at radius 3 is 2.29 bits per heavy atom. The zero-order valence-electron chi connectivity index (χ0n) is 8.78. The molecule has 0 radical (unpaired) electrons. The molecule has 1 rings (SSSR count). The summed E-state index contributed by atoms with van der Waals surface area (Å²) in [6.45, 7) is -0.354. The van der Waals surface area contributed by atoms with Crippen molar-refractivity contribution in [1.29, 1.82) is 0 Å². The molecule has 4 nitrogen and oxygen atoms in total. The van der Waals surface area contributed by atoms with Crippen molar-refractivity contribution in [3.05, 3.63) is 29.3 Å². The summed E-state index contributed by atoms with van der Waals surface area (Å²) in [5.41, 5.74) is 9.00. The number of aliphatic hydroxyl groups excluding tert-OH is 2. The summed E-state index contributed by atoms with van der Waals surface area (Å²) in [5.74, 6) is 0. The minimum absolute atomic E-state index is 0.0660. The van der Waals surface area contributed by atoms with Crippen LogP contribution < -0.4 is 11.5 Å². The quantitative estimate of drug-likeness (QED) is 0.592. The van der Waals surface area contributed by atoms with Crippen LogP contribution >= 0.6 is 0 Å². The summed E-state index contributed by atoms with van der Waals surface area (Å²) in [4.78, 5) is 0. The Labute approximate surface area is 95.7 Å². The van der Waals surface area contributed by atoms with Gasteiger partial charge in [0.1, 0.15) is 6.10 Å². The molecule has 0 aromatic heterocycles. The predicted molar refractivity (Wildman–Crippen MR) is 55.9 cm³/mol. The average molecular weight is 250 g/mol. The molecular formula is C10H13F3N2O2. The van der Waals surface area contributed by atoms with Gasteiger partial charge in [-0.05, 0) is 23.8 Å². The Hall–Kier alpha value is -1.31. The van der Waals surface area contributed by atoms with Gasteiger partial charge in [-0.1, -0.05) is 0 Å². The Balaban J connectivity index is 3.25. The maximum Gasteiger partial charge on any atom is 0.416 e. The first-order chi connectivity index (χ1) is 7.77. The number of aliphatic hydroxyl groups is 2. The molecule has 1 aromatic rings. The molecule has 1 aromatic carbocycles. The van der Waals surface area contributed by atoms with Crippen molar-refractivity contribution < 1.29 is 23.4 Å². The Kier molecular flexibility index (Phi) is 3.97. The van der Waals surface area contributed by atoms with Gasteiger partial charge in [-0.2, -0.15) is 13.2 Å². The van der Waals surface area contributed by atoms with Gasteiger partial charge in [-0.25, -0.2) is 0 Å². The number of rotatable bonds is 3. The van der Waals surface area contributed by atoms with Crippen LogP contribution in [0.2, 0.25) is 0 Å². The lowest BCUT2D eigenvalue weighted by atomic mass is 9.97. The van der Waals surface area contributed by atoms with Gasteiger partial charge in [-0.3, -0.25) is 0 Å². The molecular weight excluding hydrogens is 237 g/mol. The molecule has 7 heteroatoms. The van der Waals surface area contributed by atoms with Crippen LogP contribution in [0, 0.1) is 0 Å². The molecule has 2 unspecified atom stereocenters. The summed E-state index contributed by atoms with van der Waals surface area (Å²) in [6.07, 6.45) is -7.82. The Morgan fingerprint density at radius 2 is 1.82 bits per heavy atom. The molecule has 17 heavy (non-hydrogen) atoms. The van der Waals surface area contributed by atoms with Crippen molar-refractivity contribution in [2.45, 2.75) is 18.4 Å². The largest absolute Gasteiger partial charge is 0.416 e. The molecule has 6 N–H and O–H groups in total. The van der Waals surface area contributed by atoms with Crippen LogP contribution in [0.5, 0.6) is 0 Å². The predicted octanol–water partition coefficient (Wildman–Crippen LogP) is 0.641. The number of alkyl halides is 3. The fourth-order valence-electron chi connectivity index (χ4n) is 1.42. The van der Waals surface area contributed by atoms with Gasteiger partial charge in [0.05, 0.1) is 11.7 Å². The van der Waals surface area contributed by atoms with E-state index in [-0.39, 0.29) is 12.2 Å². The number of halogens is 3. The fraction of sp³-hybridized carbons (Fsp3) is 0.400. The minimum atomic E-state index is -4.63. The third-order valence-corrected chi connectivity index (χ3v) is 2.31. The fourth-order valence-corrected chi connectivity index (χ4v) is 1.42. The molecule has 0 saturated carbocycles. The molecule has 0 saturated heterocycles. The molecule has 0 fully saturated rings. The van der Waals surface area contributed by atoms with E-state index in [0.717, 1.165) is 18.2 Å². The summed E-state index contributed by atoms with van der Waals surface area (Å²) in [5, 5.41) is 18.8. The van der Waals surface area contributed by atoms with E-state index in [1.807, 2.05) is 0 Å². The smallest absolute Gasteiger partial charge is 0.399 e. The van der Waals surface area contributed by atoms with E-state index in [4.69, 9.17) is 11.5 Å². The normalized spacial score (nSPS) is 15.6. The van der Waals surface area contributed by atoms with Crippen molar-refractivity contribution in [3.8, 4) is 0 Å². The molecule has 0 aliphatic carbocycles. The van der Waals surface area contributed by atoms with Crippen molar-refractivity contribution in [2.75, 3.05) is 12.3 Å². The number of benzene rings is 1. The summed E-state index contributed by atoms with van der Waals surface area (Å²) in [6, 6.07) is 2.82. The third-order valence-electron chi connectivity index (χ3n) is 2.31. The number of nitrogens with two attached hydrogens (primary N) is 2. The van der Waals surface area contributed by atoms with Crippen LogP contribution in [0.3, 0.4) is 0 Å². The standard InChI is InChI=1S/C10H13F3N2O2/c11-10(12,13)7-2-1-5(15)3-6(7)9(17)8(16)4-14/h1-3,8-9,16-17H,4,14-15H2. The minimum Gasteiger partial charge on any atom is -0.399 e. The van der Waals surface area contributed by atoms with Gasteiger partial charge < -0.3 is 21.7 Å². The topological polar surface area (TPSA) is 92.5 Å². The molecule has 0 aliphatic rings. The summed E-state index contributed by atoms with van der Waals surface area (Å²) < 4.78 is 37.9. The molecule has 0 heterocycles. The SMILES string of the molecule is NCC(O)C(O)c1cc(N)ccc1C(F)(F)F. The van der Waals surface area contributed by atoms with Gasteiger partial charge in [0.15, 0.2) is 0 Å². The van der Waals surface area contributed by atoms with E-state index in [0.29, 0.717) is 0 Å². The van der Waals surface area contributed by atoms with E-state index in [2.05, 4.69) is 0 Å². The van der Waals surface area contributed by atoms with E-state index in [1.54, 1.807) is 0 Å². The first kappa shape index (κ1) is 13.8. The maximum atomic E-state index is 12.6. The Bertz CT molecular complexity index is 396. The molecule has 0 amide bonds. The number of hydrogen-bond acceptors (Lipinski definition) is 4. The van der Waals surface area contributed by atoms with Gasteiger partial charge in [0.25, 0.3) is 0 Å². The van der Waals surface area contributed by atoms with Crippen LogP contribution in [0.4, 0.5) is 18.9 Å². The molecule has 96 valence electrons. The second kappa shape index (κ2) is 4.91. The highest BCUT2D eigenvalue weighted by molar-refractivity contribution is 5.46. The molecule has 0 aliphatic heterocycles. The number of anilines is 1.